The molecule has 0 fully saturated rings. The molecule has 0 unspecified atom stereocenters. The van der Waals surface area contributed by atoms with Gasteiger partial charge in [0.15, 0.2) is 6.61 Å². The van der Waals surface area contributed by atoms with Crippen LogP contribution in [0.2, 0.25) is 5.02 Å². The van der Waals surface area contributed by atoms with Crippen LogP contribution in [0.3, 0.4) is 0 Å². The zero-order valence-corrected chi connectivity index (χ0v) is 16.4. The Morgan fingerprint density at radius 1 is 1.07 bits per heavy atom. The van der Waals surface area contributed by atoms with Gasteiger partial charge in [-0.15, -0.1) is 0 Å². The quantitative estimate of drug-likeness (QED) is 0.604. The van der Waals surface area contributed by atoms with E-state index in [2.05, 4.69) is 5.32 Å². The van der Waals surface area contributed by atoms with Crippen LogP contribution in [0, 0.1) is 25.5 Å². The van der Waals surface area contributed by atoms with Crippen LogP contribution in [0.1, 0.15) is 21.7 Å². The summed E-state index contributed by atoms with van der Waals surface area (Å²) in [4.78, 5) is 24.4. The van der Waals surface area contributed by atoms with Gasteiger partial charge < -0.3 is 14.6 Å². The van der Waals surface area contributed by atoms with E-state index in [1.54, 1.807) is 36.6 Å². The first-order chi connectivity index (χ1) is 13.8. The van der Waals surface area contributed by atoms with Crippen molar-refractivity contribution in [2.75, 3.05) is 11.9 Å². The van der Waals surface area contributed by atoms with Crippen LogP contribution < -0.4 is 5.32 Å². The van der Waals surface area contributed by atoms with E-state index in [0.717, 1.165) is 11.8 Å². The largest absolute Gasteiger partial charge is 0.452 e. The van der Waals surface area contributed by atoms with Crippen LogP contribution in [0.25, 0.3) is 5.69 Å². The van der Waals surface area contributed by atoms with Gasteiger partial charge >= 0.3 is 5.97 Å². The first-order valence-electron chi connectivity index (χ1n) is 8.63. The number of ether oxygens (including phenoxy) is 1. The van der Waals surface area contributed by atoms with Crippen molar-refractivity contribution >= 4 is 29.2 Å². The Labute approximate surface area is 170 Å². The van der Waals surface area contributed by atoms with Gasteiger partial charge in [0.2, 0.25) is 0 Å². The summed E-state index contributed by atoms with van der Waals surface area (Å²) in [6.45, 7) is 2.93. The molecule has 3 aromatic rings. The number of halogens is 3. The molecule has 29 heavy (non-hydrogen) atoms. The Morgan fingerprint density at radius 3 is 2.41 bits per heavy atom. The van der Waals surface area contributed by atoms with Gasteiger partial charge in [-0.2, -0.15) is 0 Å². The van der Waals surface area contributed by atoms with Crippen LogP contribution in [-0.2, 0) is 9.53 Å². The van der Waals surface area contributed by atoms with Gasteiger partial charge in [0.25, 0.3) is 5.91 Å². The minimum atomic E-state index is -0.696. The molecule has 0 radical (unpaired) electrons. The van der Waals surface area contributed by atoms with Crippen molar-refractivity contribution in [3.8, 4) is 5.69 Å². The molecule has 0 atom stereocenters. The highest BCUT2D eigenvalue weighted by Gasteiger charge is 2.19. The maximum Gasteiger partial charge on any atom is 0.340 e. The summed E-state index contributed by atoms with van der Waals surface area (Å²) >= 11 is 5.66. The van der Waals surface area contributed by atoms with Crippen LogP contribution >= 0.6 is 11.6 Å². The highest BCUT2D eigenvalue weighted by atomic mass is 35.5. The van der Waals surface area contributed by atoms with Gasteiger partial charge in [0, 0.05) is 22.1 Å². The number of carbonyl (C=O) groups excluding carboxylic acids is 2. The molecular formula is C21H17ClF2N2O3. The van der Waals surface area contributed by atoms with E-state index in [0.29, 0.717) is 11.4 Å². The fourth-order valence-electron chi connectivity index (χ4n) is 2.94. The van der Waals surface area contributed by atoms with Crippen molar-refractivity contribution in [1.82, 2.24) is 4.57 Å². The van der Waals surface area contributed by atoms with E-state index in [1.807, 2.05) is 0 Å². The number of aromatic nitrogens is 1. The van der Waals surface area contributed by atoms with E-state index < -0.39 is 24.3 Å². The predicted octanol–water partition coefficient (Wildman–Crippen LogP) is 4.82. The molecule has 0 aliphatic carbocycles. The lowest BCUT2D eigenvalue weighted by Gasteiger charge is -2.10. The Balaban J connectivity index is 1.69. The third-order valence-corrected chi connectivity index (χ3v) is 4.51. The van der Waals surface area contributed by atoms with Crippen molar-refractivity contribution in [3.63, 3.8) is 0 Å². The van der Waals surface area contributed by atoms with Gasteiger partial charge in [-0.1, -0.05) is 11.6 Å². The first kappa shape index (κ1) is 20.5. The minimum Gasteiger partial charge on any atom is -0.452 e. The number of anilines is 1. The predicted molar refractivity (Wildman–Crippen MR) is 106 cm³/mol. The average molecular weight is 419 g/mol. The SMILES string of the molecule is Cc1cc(C(=O)OCC(=O)Nc2ccc(Cl)cc2F)c(C)n1-c1ccc(F)cc1. The molecule has 150 valence electrons. The lowest BCUT2D eigenvalue weighted by Crippen LogP contribution is -2.21. The number of carbonyl (C=O) groups is 2. The molecule has 0 saturated heterocycles. The summed E-state index contributed by atoms with van der Waals surface area (Å²) < 4.78 is 33.7. The number of rotatable bonds is 5. The number of benzene rings is 2. The molecule has 5 nitrogen and oxygen atoms in total. The normalized spacial score (nSPS) is 10.7. The van der Waals surface area contributed by atoms with Gasteiger partial charge in [-0.25, -0.2) is 13.6 Å². The molecular weight excluding hydrogens is 402 g/mol. The van der Waals surface area contributed by atoms with Crippen molar-refractivity contribution < 1.29 is 23.1 Å². The lowest BCUT2D eigenvalue weighted by molar-refractivity contribution is -0.119. The zero-order valence-electron chi connectivity index (χ0n) is 15.6. The molecule has 1 N–H and O–H groups in total. The number of aryl methyl sites for hydroxylation is 1. The van der Waals surface area contributed by atoms with E-state index in [4.69, 9.17) is 16.3 Å². The Hall–Kier alpha value is -3.19. The number of hydrogen-bond acceptors (Lipinski definition) is 3. The second-order valence-corrected chi connectivity index (χ2v) is 6.78. The minimum absolute atomic E-state index is 0.0649. The monoisotopic (exact) mass is 418 g/mol. The van der Waals surface area contributed by atoms with Crippen LogP contribution in [0.4, 0.5) is 14.5 Å². The van der Waals surface area contributed by atoms with Gasteiger partial charge in [0.05, 0.1) is 11.3 Å². The van der Waals surface area contributed by atoms with Gasteiger partial charge in [0.1, 0.15) is 11.6 Å². The van der Waals surface area contributed by atoms with Crippen molar-refractivity contribution in [2.24, 2.45) is 0 Å². The standard InChI is InChI=1S/C21H17ClF2N2O3/c1-12-9-17(13(2)26(12)16-6-4-15(23)5-7-16)21(28)29-11-20(27)25-19-8-3-14(22)10-18(19)24/h3-10H,11H2,1-2H3,(H,25,27). The van der Waals surface area contributed by atoms with E-state index >= 15 is 0 Å². The molecule has 1 aromatic heterocycles. The molecule has 0 saturated carbocycles. The number of amides is 1. The Morgan fingerprint density at radius 2 is 1.76 bits per heavy atom. The summed E-state index contributed by atoms with van der Waals surface area (Å²) in [7, 11) is 0. The second-order valence-electron chi connectivity index (χ2n) is 6.35. The molecule has 3 rings (SSSR count). The fraction of sp³-hybridized carbons (Fsp3) is 0.143. The topological polar surface area (TPSA) is 60.3 Å². The molecule has 0 aliphatic rings. The smallest absolute Gasteiger partial charge is 0.340 e. The summed E-state index contributed by atoms with van der Waals surface area (Å²) in [5, 5.41) is 2.51. The number of nitrogens with zero attached hydrogens (tertiary/aromatic N) is 1. The number of nitrogens with one attached hydrogen (secondary N) is 1. The summed E-state index contributed by atoms with van der Waals surface area (Å²) in [5.74, 6) is -2.44. The third-order valence-electron chi connectivity index (χ3n) is 4.28. The van der Waals surface area contributed by atoms with E-state index in [-0.39, 0.29) is 22.1 Å². The molecule has 0 bridgehead atoms. The van der Waals surface area contributed by atoms with E-state index in [1.165, 1.54) is 24.3 Å². The maximum absolute atomic E-state index is 13.7. The van der Waals surface area contributed by atoms with Crippen molar-refractivity contribution in [3.05, 3.63) is 82.1 Å². The Kier molecular flexibility index (Phi) is 5.98. The maximum atomic E-state index is 13.7. The molecule has 8 heteroatoms. The van der Waals surface area contributed by atoms with Gasteiger partial charge in [-0.3, -0.25) is 4.79 Å². The fourth-order valence-corrected chi connectivity index (χ4v) is 3.10. The lowest BCUT2D eigenvalue weighted by atomic mass is 10.2. The molecule has 0 spiro atoms. The van der Waals surface area contributed by atoms with Gasteiger partial charge in [-0.05, 0) is 62.4 Å². The Bertz CT molecular complexity index is 1080. The van der Waals surface area contributed by atoms with Crippen LogP contribution in [0.15, 0.2) is 48.5 Å². The molecule has 0 aliphatic heterocycles. The third kappa shape index (κ3) is 4.63. The molecule has 1 heterocycles. The summed E-state index contributed by atoms with van der Waals surface area (Å²) in [6.07, 6.45) is 0. The second kappa shape index (κ2) is 8.45. The van der Waals surface area contributed by atoms with E-state index in [9.17, 15) is 18.4 Å². The highest BCUT2D eigenvalue weighted by molar-refractivity contribution is 6.30. The number of esters is 1. The first-order valence-corrected chi connectivity index (χ1v) is 9.01. The highest BCUT2D eigenvalue weighted by Crippen LogP contribution is 2.22. The number of hydrogen-bond donors (Lipinski definition) is 1. The summed E-state index contributed by atoms with van der Waals surface area (Å²) in [6, 6.07) is 11.3. The van der Waals surface area contributed by atoms with Crippen LogP contribution in [0.5, 0.6) is 0 Å². The zero-order chi connectivity index (χ0) is 21.1. The summed E-state index contributed by atoms with van der Waals surface area (Å²) in [5.41, 5.74) is 2.23. The molecule has 2 aromatic carbocycles. The molecule has 1 amide bonds. The average Bonchev–Trinajstić information content (AvgIpc) is 2.97. The van der Waals surface area contributed by atoms with Crippen molar-refractivity contribution in [2.45, 2.75) is 13.8 Å². The van der Waals surface area contributed by atoms with Crippen LogP contribution in [-0.4, -0.2) is 23.1 Å². The van der Waals surface area contributed by atoms with Crippen molar-refractivity contribution in [1.29, 1.82) is 0 Å².